The summed E-state index contributed by atoms with van der Waals surface area (Å²) < 4.78 is 91.8. The average Bonchev–Trinajstić information content (AvgIpc) is 3.21. The Morgan fingerprint density at radius 3 is 1.40 bits per heavy atom. The van der Waals surface area contributed by atoms with E-state index in [2.05, 4.69) is 54.9 Å². The highest BCUT2D eigenvalue weighted by Crippen LogP contribution is 2.39. The van der Waals surface area contributed by atoms with Crippen molar-refractivity contribution in [1.29, 1.82) is 0 Å². The van der Waals surface area contributed by atoms with E-state index in [0.717, 1.165) is 54.1 Å². The minimum Gasteiger partial charge on any atom is -0.494 e. The van der Waals surface area contributed by atoms with Gasteiger partial charge < -0.3 is 49.6 Å². The van der Waals surface area contributed by atoms with Crippen LogP contribution in [-0.2, 0) is 14.1 Å². The molecule has 29 heteroatoms. The van der Waals surface area contributed by atoms with Gasteiger partial charge in [0.15, 0.2) is 34.6 Å². The highest BCUT2D eigenvalue weighted by molar-refractivity contribution is 5.81. The van der Waals surface area contributed by atoms with E-state index in [9.17, 15) is 51.8 Å². The number of hydrogen-bond donors (Lipinski definition) is 3. The van der Waals surface area contributed by atoms with Crippen molar-refractivity contribution >= 4 is 62.4 Å². The monoisotopic (exact) mass is 1150 g/mol. The first-order valence-electron chi connectivity index (χ1n) is 24.0. The summed E-state index contributed by atoms with van der Waals surface area (Å²) in [7, 11) is 17.2. The Kier molecular flexibility index (Phi) is 21.6. The van der Waals surface area contributed by atoms with Crippen LogP contribution in [0.4, 0.5) is 62.3 Å². The summed E-state index contributed by atoms with van der Waals surface area (Å²) in [6, 6.07) is 12.7. The van der Waals surface area contributed by atoms with Gasteiger partial charge in [-0.1, -0.05) is 7.43 Å². The topological polar surface area (TPSA) is 265 Å². The maximum atomic E-state index is 14.1. The minimum absolute atomic E-state index is 0. The molecule has 0 atom stereocenters. The summed E-state index contributed by atoms with van der Waals surface area (Å²) in [4.78, 5) is 70.0. The maximum Gasteiger partial charge on any atom is 0.307 e. The van der Waals surface area contributed by atoms with Crippen LogP contribution in [0.15, 0.2) is 94.8 Å². The van der Waals surface area contributed by atoms with E-state index in [4.69, 9.17) is 18.9 Å². The van der Waals surface area contributed by atoms with Crippen molar-refractivity contribution < 1.29 is 50.7 Å². The lowest BCUT2D eigenvalue weighted by Crippen LogP contribution is -2.29. The van der Waals surface area contributed by atoms with Gasteiger partial charge in [0.2, 0.25) is 17.7 Å². The Labute approximate surface area is 465 Å². The number of likely N-dealkylation sites (N-methyl/N-ethyl adjacent to an activating group) is 4. The molecule has 4 heterocycles. The molecule has 0 saturated carbocycles. The number of ether oxygens (including phenoxy) is 4. The predicted octanol–water partition coefficient (Wildman–Crippen LogP) is 8.66. The lowest BCUT2D eigenvalue weighted by Gasteiger charge is -2.22. The van der Waals surface area contributed by atoms with Crippen LogP contribution in [0.3, 0.4) is 0 Å². The number of nitrogens with one attached hydrogen (secondary N) is 3. The summed E-state index contributed by atoms with van der Waals surface area (Å²) in [6.45, 7) is 3.43. The van der Waals surface area contributed by atoms with Crippen molar-refractivity contribution in [2.75, 3.05) is 98.2 Å². The quantitative estimate of drug-likeness (QED) is 0.0388. The summed E-state index contributed by atoms with van der Waals surface area (Å²) in [5, 5.41) is 32.4. The summed E-state index contributed by atoms with van der Waals surface area (Å²) in [5.74, 6) is -5.48. The molecule has 0 amide bonds. The van der Waals surface area contributed by atoms with E-state index in [1.807, 2.05) is 26.0 Å². The summed E-state index contributed by atoms with van der Waals surface area (Å²) >= 11 is 0. The van der Waals surface area contributed by atoms with Crippen LogP contribution >= 0.6 is 0 Å². The van der Waals surface area contributed by atoms with Crippen LogP contribution in [0.2, 0.25) is 0 Å². The molecule has 0 unspecified atom stereocenters. The first kappa shape index (κ1) is 63.2. The van der Waals surface area contributed by atoms with Gasteiger partial charge in [0, 0.05) is 107 Å². The molecule has 0 aliphatic carbocycles. The molecule has 436 valence electrons. The second-order valence-electron chi connectivity index (χ2n) is 18.0. The molecule has 4 aromatic carbocycles. The largest absolute Gasteiger partial charge is 0.494 e. The Bertz CT molecular complexity index is 3740. The second-order valence-corrected chi connectivity index (χ2v) is 18.0. The average molecular weight is 1150 g/mol. The number of methoxy groups -OCH3 is 2. The van der Waals surface area contributed by atoms with Crippen LogP contribution in [0.1, 0.15) is 7.43 Å². The molecule has 8 aromatic rings. The molecule has 0 bridgehead atoms. The molecule has 4 aromatic heterocycles. The van der Waals surface area contributed by atoms with Gasteiger partial charge >= 0.3 is 5.69 Å². The first-order valence-corrected chi connectivity index (χ1v) is 24.0. The molecule has 24 nitrogen and oxygen atoms in total. The van der Waals surface area contributed by atoms with Gasteiger partial charge in [-0.25, -0.2) is 27.5 Å². The Morgan fingerprint density at radius 2 is 1.01 bits per heavy atom. The number of aromatic nitrogens is 6. The van der Waals surface area contributed by atoms with Crippen LogP contribution in [0.5, 0.6) is 34.5 Å². The molecular formula is C53H59F5N14O10. The fraction of sp³-hybridized carbons (Fsp3) is 0.283. The highest BCUT2D eigenvalue weighted by atomic mass is 19.1. The molecule has 0 radical (unpaired) electrons. The van der Waals surface area contributed by atoms with Gasteiger partial charge in [0.05, 0.1) is 35.4 Å². The number of rotatable bonds is 19. The third-order valence-electron chi connectivity index (χ3n) is 11.6. The summed E-state index contributed by atoms with van der Waals surface area (Å²) in [5.41, 5.74) is -1.23. The van der Waals surface area contributed by atoms with Gasteiger partial charge in [-0.3, -0.25) is 39.0 Å². The lowest BCUT2D eigenvalue weighted by molar-refractivity contribution is -0.387. The van der Waals surface area contributed by atoms with Crippen LogP contribution in [0, 0.1) is 49.3 Å². The normalized spacial score (nSPS) is 10.8. The van der Waals surface area contributed by atoms with Crippen LogP contribution in [0.25, 0.3) is 22.1 Å². The van der Waals surface area contributed by atoms with Crippen molar-refractivity contribution in [1.82, 2.24) is 44.2 Å². The van der Waals surface area contributed by atoms with Gasteiger partial charge in [-0.2, -0.15) is 14.4 Å². The molecule has 82 heavy (non-hydrogen) atoms. The maximum absolute atomic E-state index is 14.1. The number of nitrogens with zero attached hydrogens (tertiary/aromatic N) is 11. The number of hydrogen-bond acceptors (Lipinski definition) is 20. The molecule has 0 saturated heterocycles. The fourth-order valence-corrected chi connectivity index (χ4v) is 7.33. The number of aryl methyl sites for hydroxylation is 2. The summed E-state index contributed by atoms with van der Waals surface area (Å²) in [6.07, 6.45) is 2.73. The number of nitro groups is 2. The van der Waals surface area contributed by atoms with Gasteiger partial charge in [-0.15, -0.1) is 0 Å². The minimum atomic E-state index is -1.08. The fourth-order valence-electron chi connectivity index (χ4n) is 7.33. The second kappa shape index (κ2) is 28.0. The molecule has 0 fully saturated rings. The smallest absolute Gasteiger partial charge is 0.307 e. The molecule has 0 spiro atoms. The van der Waals surface area contributed by atoms with Crippen molar-refractivity contribution in [2.45, 2.75) is 7.43 Å². The standard InChI is InChI=1S/C26H27F2N7O5.C21H14F3N5O5.C5H14N2.CH4/c1-32(2)8-9-33(3)19-13-22(39-5)18(12-20(19)35(37)38)30-26-29-14-15-10-23(25(36)34(4)24(15)31-26)40-21-7-6-16(27)11-17(21)28;1-28-19-10(5-18(20(28)30)34-16-4-3-11(22)6-13(16)24)9-25-21(27-19)26-14-8-15(29(31)32)12(23)7-17(14)33-2;1-6-4-5-7(2)3;/h6-7,10-14H,8-9H2,1-5H3,(H,29,30,31);3-9H,1-2H3,(H,25,26,27);6H,4-5H2,1-3H3;1H4. The SMILES string of the molecule is C.CNCCN(C)C.COc1cc(F)c([N+](=O)[O-])cc1Nc1ncc2cc(Oc3ccc(F)cc3F)c(=O)n(C)c2n1.COc1cc(N(C)CCN(C)C)c([N+](=O)[O-])cc1Nc1ncc2cc(Oc3ccc(F)cc3F)c(=O)n(C)c2n1. The zero-order valence-corrected chi connectivity index (χ0v) is 45.3. The van der Waals surface area contributed by atoms with Crippen molar-refractivity contribution in [3.05, 3.63) is 155 Å². The highest BCUT2D eigenvalue weighted by Gasteiger charge is 2.24. The third kappa shape index (κ3) is 15.6. The van der Waals surface area contributed by atoms with E-state index < -0.39 is 55.7 Å². The zero-order chi connectivity index (χ0) is 59.4. The van der Waals surface area contributed by atoms with E-state index >= 15 is 0 Å². The molecule has 8 rings (SSSR count). The van der Waals surface area contributed by atoms with E-state index in [1.54, 1.807) is 18.0 Å². The van der Waals surface area contributed by atoms with Gasteiger partial charge in [-0.05, 0) is 71.6 Å². The Hall–Kier alpha value is -9.61. The van der Waals surface area contributed by atoms with Crippen molar-refractivity contribution in [3.63, 3.8) is 0 Å². The van der Waals surface area contributed by atoms with Crippen LogP contribution in [-0.4, -0.2) is 131 Å². The lowest BCUT2D eigenvalue weighted by atomic mass is 10.2. The van der Waals surface area contributed by atoms with Crippen molar-refractivity contribution in [3.8, 4) is 34.5 Å². The first-order chi connectivity index (χ1) is 38.4. The molecule has 0 aliphatic heterocycles. The number of anilines is 5. The van der Waals surface area contributed by atoms with E-state index in [-0.39, 0.29) is 76.4 Å². The van der Waals surface area contributed by atoms with Gasteiger partial charge in [0.25, 0.3) is 16.8 Å². The van der Waals surface area contributed by atoms with Gasteiger partial charge in [0.1, 0.15) is 40.1 Å². The number of nitro benzene ring substituents is 2. The van der Waals surface area contributed by atoms with E-state index in [1.165, 1.54) is 63.5 Å². The zero-order valence-electron chi connectivity index (χ0n) is 45.3. The number of pyridine rings is 2. The van der Waals surface area contributed by atoms with E-state index in [0.29, 0.717) is 47.4 Å². The third-order valence-corrected chi connectivity index (χ3v) is 11.6. The Morgan fingerprint density at radius 1 is 0.573 bits per heavy atom. The number of fused-ring (bicyclic) bond motifs is 2. The molecular weight excluding hydrogens is 1090 g/mol. The molecule has 0 aliphatic rings. The predicted molar refractivity (Wildman–Crippen MR) is 299 cm³/mol. The molecule has 3 N–H and O–H groups in total. The number of halogens is 5. The Balaban J connectivity index is 0.000000269. The number of benzene rings is 4. The van der Waals surface area contributed by atoms with Crippen LogP contribution < -0.4 is 50.9 Å². The van der Waals surface area contributed by atoms with Crippen molar-refractivity contribution in [2.24, 2.45) is 14.1 Å².